The number of likely N-dealkylation sites (tertiary alicyclic amines) is 1. The van der Waals surface area contributed by atoms with E-state index in [2.05, 4.69) is 16.7 Å². The van der Waals surface area contributed by atoms with Gasteiger partial charge in [0.15, 0.2) is 0 Å². The largest absolute Gasteiger partial charge is 0.292 e. The molecule has 1 saturated heterocycles. The molecule has 0 bridgehead atoms. The molecule has 190 valence electrons. The number of halogens is 4. The zero-order chi connectivity index (χ0) is 24.8. The van der Waals surface area contributed by atoms with Crippen molar-refractivity contribution < 1.29 is 17.2 Å². The van der Waals surface area contributed by atoms with Gasteiger partial charge in [0.1, 0.15) is 11.6 Å². The SMILES string of the molecule is Cl.O=S(=O)(c1ccc(Cl)cc1)N(Cc1ccccc1C#CCN1CCCCC1)c1cc(F)ccc1F. The molecule has 36 heavy (non-hydrogen) atoms. The van der Waals surface area contributed by atoms with E-state index >= 15 is 0 Å². The Bertz CT molecular complexity index is 1350. The molecule has 0 unspecified atom stereocenters. The maximum Gasteiger partial charge on any atom is 0.264 e. The van der Waals surface area contributed by atoms with E-state index < -0.39 is 21.7 Å². The van der Waals surface area contributed by atoms with E-state index in [-0.39, 0.29) is 29.5 Å². The maximum absolute atomic E-state index is 14.8. The van der Waals surface area contributed by atoms with Crippen LogP contribution in [0.4, 0.5) is 14.5 Å². The first-order valence-corrected chi connectivity index (χ1v) is 13.2. The van der Waals surface area contributed by atoms with Crippen LogP contribution in [0.1, 0.15) is 30.4 Å². The molecule has 0 aliphatic carbocycles. The van der Waals surface area contributed by atoms with Crippen molar-refractivity contribution in [2.75, 3.05) is 23.9 Å². The lowest BCUT2D eigenvalue weighted by Crippen LogP contribution is -2.31. The monoisotopic (exact) mass is 550 g/mol. The summed E-state index contributed by atoms with van der Waals surface area (Å²) in [5.41, 5.74) is 0.841. The smallest absolute Gasteiger partial charge is 0.264 e. The molecule has 0 saturated carbocycles. The predicted molar refractivity (Wildman–Crippen MR) is 142 cm³/mol. The summed E-state index contributed by atoms with van der Waals surface area (Å²) >= 11 is 5.92. The van der Waals surface area contributed by atoms with Gasteiger partial charge in [-0.3, -0.25) is 9.21 Å². The molecule has 9 heteroatoms. The third kappa shape index (κ3) is 6.77. The lowest BCUT2D eigenvalue weighted by atomic mass is 10.1. The summed E-state index contributed by atoms with van der Waals surface area (Å²) in [6, 6.07) is 15.4. The van der Waals surface area contributed by atoms with Gasteiger partial charge < -0.3 is 0 Å². The average Bonchev–Trinajstić information content (AvgIpc) is 2.86. The highest BCUT2D eigenvalue weighted by Gasteiger charge is 2.28. The highest BCUT2D eigenvalue weighted by molar-refractivity contribution is 7.92. The Hall–Kier alpha value is -2.63. The van der Waals surface area contributed by atoms with Gasteiger partial charge in [0.25, 0.3) is 10.0 Å². The molecule has 1 aliphatic heterocycles. The molecule has 0 amide bonds. The van der Waals surface area contributed by atoms with Crippen LogP contribution in [0.2, 0.25) is 5.02 Å². The summed E-state index contributed by atoms with van der Waals surface area (Å²) in [4.78, 5) is 2.21. The average molecular weight is 551 g/mol. The van der Waals surface area contributed by atoms with Crippen molar-refractivity contribution in [3.05, 3.63) is 94.5 Å². The third-order valence-corrected chi connectivity index (χ3v) is 7.91. The van der Waals surface area contributed by atoms with Crippen LogP contribution < -0.4 is 4.31 Å². The van der Waals surface area contributed by atoms with Gasteiger partial charge in [-0.25, -0.2) is 17.2 Å². The summed E-state index contributed by atoms with van der Waals surface area (Å²) < 4.78 is 57.0. The van der Waals surface area contributed by atoms with Crippen molar-refractivity contribution in [3.8, 4) is 11.8 Å². The number of piperidine rings is 1. The first-order chi connectivity index (χ1) is 16.8. The van der Waals surface area contributed by atoms with Crippen molar-refractivity contribution in [2.24, 2.45) is 0 Å². The van der Waals surface area contributed by atoms with Gasteiger partial charge in [-0.1, -0.05) is 48.1 Å². The highest BCUT2D eigenvalue weighted by Crippen LogP contribution is 2.30. The van der Waals surface area contributed by atoms with E-state index in [1.54, 1.807) is 18.2 Å². The molecular formula is C27H26Cl2F2N2O2S. The second-order valence-electron chi connectivity index (χ2n) is 8.36. The minimum absolute atomic E-state index is 0. The molecule has 0 spiro atoms. The Balaban J connectivity index is 0.00000361. The van der Waals surface area contributed by atoms with Crippen molar-refractivity contribution in [3.63, 3.8) is 0 Å². The fourth-order valence-corrected chi connectivity index (χ4v) is 5.58. The van der Waals surface area contributed by atoms with Crippen LogP contribution >= 0.6 is 24.0 Å². The Labute approximate surface area is 222 Å². The van der Waals surface area contributed by atoms with Crippen molar-refractivity contribution >= 4 is 39.7 Å². The van der Waals surface area contributed by atoms with Gasteiger partial charge >= 0.3 is 0 Å². The van der Waals surface area contributed by atoms with Crippen LogP contribution in [0.3, 0.4) is 0 Å². The Morgan fingerprint density at radius 3 is 2.36 bits per heavy atom. The fraction of sp³-hybridized carbons (Fsp3) is 0.259. The van der Waals surface area contributed by atoms with Crippen LogP contribution in [0.5, 0.6) is 0 Å². The summed E-state index contributed by atoms with van der Waals surface area (Å²) in [5, 5.41) is 0.363. The second-order valence-corrected chi connectivity index (χ2v) is 10.7. The van der Waals surface area contributed by atoms with Crippen LogP contribution in [-0.4, -0.2) is 33.0 Å². The Morgan fingerprint density at radius 1 is 0.944 bits per heavy atom. The number of nitrogens with zero attached hydrogens (tertiary/aromatic N) is 2. The standard InChI is InChI=1S/C27H25ClF2N2O2S.ClH/c28-23-10-13-25(14-11-23)35(33,34)32(27-19-24(29)12-15-26(27)30)20-22-8-3-2-7-21(22)9-6-18-31-16-4-1-5-17-31;/h2-3,7-8,10-15,19H,1,4-5,16-18,20H2;1H. The van der Waals surface area contributed by atoms with Gasteiger partial charge in [-0.05, 0) is 74.0 Å². The molecule has 0 N–H and O–H groups in total. The van der Waals surface area contributed by atoms with Crippen molar-refractivity contribution in [1.29, 1.82) is 0 Å². The Kier molecular flexibility index (Phi) is 9.75. The van der Waals surface area contributed by atoms with Crippen LogP contribution in [-0.2, 0) is 16.6 Å². The van der Waals surface area contributed by atoms with Crippen LogP contribution in [0.25, 0.3) is 0 Å². The molecule has 3 aromatic carbocycles. The molecule has 1 aliphatic rings. The van der Waals surface area contributed by atoms with Crippen LogP contribution in [0.15, 0.2) is 71.6 Å². The molecule has 0 atom stereocenters. The molecule has 3 aromatic rings. The fourth-order valence-electron chi connectivity index (χ4n) is 4.01. The van der Waals surface area contributed by atoms with Crippen molar-refractivity contribution in [1.82, 2.24) is 4.90 Å². The maximum atomic E-state index is 14.8. The lowest BCUT2D eigenvalue weighted by Gasteiger charge is -2.26. The summed E-state index contributed by atoms with van der Waals surface area (Å²) in [7, 11) is -4.25. The number of hydrogen-bond acceptors (Lipinski definition) is 3. The number of benzene rings is 3. The topological polar surface area (TPSA) is 40.6 Å². The first-order valence-electron chi connectivity index (χ1n) is 11.4. The molecule has 4 rings (SSSR count). The molecule has 1 fully saturated rings. The zero-order valence-corrected chi connectivity index (χ0v) is 21.9. The quantitative estimate of drug-likeness (QED) is 0.339. The minimum Gasteiger partial charge on any atom is -0.292 e. The molecule has 1 heterocycles. The molecular weight excluding hydrogens is 525 g/mol. The van der Waals surface area contributed by atoms with E-state index in [4.69, 9.17) is 11.6 Å². The predicted octanol–water partition coefficient (Wildman–Crippen LogP) is 6.27. The number of rotatable bonds is 6. The van der Waals surface area contributed by atoms with Crippen LogP contribution in [0, 0.1) is 23.5 Å². The second kappa shape index (κ2) is 12.6. The normalized spacial score (nSPS) is 13.9. The van der Waals surface area contributed by atoms with Gasteiger partial charge in [0.2, 0.25) is 0 Å². The minimum atomic E-state index is -4.25. The molecule has 0 aromatic heterocycles. The van der Waals surface area contributed by atoms with E-state index in [1.165, 1.54) is 30.7 Å². The highest BCUT2D eigenvalue weighted by atomic mass is 35.5. The number of sulfonamides is 1. The number of anilines is 1. The molecule has 0 radical (unpaired) electrons. The Morgan fingerprint density at radius 2 is 1.64 bits per heavy atom. The van der Waals surface area contributed by atoms with Gasteiger partial charge in [-0.15, -0.1) is 12.4 Å². The van der Waals surface area contributed by atoms with Crippen molar-refractivity contribution in [2.45, 2.75) is 30.7 Å². The third-order valence-electron chi connectivity index (χ3n) is 5.88. The van der Waals surface area contributed by atoms with E-state index in [0.29, 0.717) is 22.7 Å². The summed E-state index contributed by atoms with van der Waals surface area (Å²) in [6.45, 7) is 2.43. The van der Waals surface area contributed by atoms with Gasteiger partial charge in [0.05, 0.1) is 23.7 Å². The van der Waals surface area contributed by atoms with Gasteiger partial charge in [-0.2, -0.15) is 0 Å². The summed E-state index contributed by atoms with van der Waals surface area (Å²) in [6.07, 6.45) is 3.56. The number of hydrogen-bond donors (Lipinski definition) is 0. The lowest BCUT2D eigenvalue weighted by molar-refractivity contribution is 0.255. The summed E-state index contributed by atoms with van der Waals surface area (Å²) in [5.74, 6) is 4.73. The van der Waals surface area contributed by atoms with E-state index in [1.807, 2.05) is 6.07 Å². The first kappa shape index (κ1) is 27.9. The van der Waals surface area contributed by atoms with Gasteiger partial charge in [0, 0.05) is 16.7 Å². The molecule has 4 nitrogen and oxygen atoms in total. The van der Waals surface area contributed by atoms with E-state index in [0.717, 1.165) is 48.4 Å². The zero-order valence-electron chi connectivity index (χ0n) is 19.5. The van der Waals surface area contributed by atoms with E-state index in [9.17, 15) is 17.2 Å².